The Morgan fingerprint density at radius 1 is 1.00 bits per heavy atom. The Morgan fingerprint density at radius 2 is 1.75 bits per heavy atom. The van der Waals surface area contributed by atoms with Gasteiger partial charge in [-0.25, -0.2) is 0 Å². The van der Waals surface area contributed by atoms with Crippen LogP contribution < -0.4 is 0 Å². The summed E-state index contributed by atoms with van der Waals surface area (Å²) in [6.45, 7) is 1.19. The fraction of sp³-hybridized carbons (Fsp3) is 0.875. The van der Waals surface area contributed by atoms with E-state index in [0.29, 0.717) is 12.5 Å². The van der Waals surface area contributed by atoms with Gasteiger partial charge in [0.15, 0.2) is 0 Å². The van der Waals surface area contributed by atoms with E-state index in [2.05, 4.69) is 0 Å². The first-order valence-electron chi connectivity index (χ1n) is 8.18. The van der Waals surface area contributed by atoms with Crippen LogP contribution in [0.3, 0.4) is 0 Å². The zero-order chi connectivity index (χ0) is 14.1. The summed E-state index contributed by atoms with van der Waals surface area (Å²) in [5.41, 5.74) is 0. The van der Waals surface area contributed by atoms with Crippen molar-refractivity contribution >= 4 is 11.9 Å². The Bertz CT molecular complexity index is 389. The Hall–Kier alpha value is -1.06. The number of nitrogens with zero attached hydrogens (tertiary/aromatic N) is 1. The molecule has 1 N–H and O–H groups in total. The third-order valence-electron chi connectivity index (χ3n) is 5.49. The molecule has 3 unspecified atom stereocenters. The average molecular weight is 279 g/mol. The molecule has 1 amide bonds. The minimum absolute atomic E-state index is 0.214. The molecule has 2 aliphatic carbocycles. The molecule has 0 aromatic heterocycles. The molecule has 3 aliphatic rings. The van der Waals surface area contributed by atoms with Gasteiger partial charge < -0.3 is 10.0 Å². The molecule has 4 nitrogen and oxygen atoms in total. The van der Waals surface area contributed by atoms with Crippen LogP contribution in [0.4, 0.5) is 0 Å². The fourth-order valence-corrected chi connectivity index (χ4v) is 4.20. The highest BCUT2D eigenvalue weighted by atomic mass is 16.4. The van der Waals surface area contributed by atoms with Gasteiger partial charge in [0, 0.05) is 19.0 Å². The Balaban J connectivity index is 1.53. The van der Waals surface area contributed by atoms with Gasteiger partial charge in [0.25, 0.3) is 0 Å². The van der Waals surface area contributed by atoms with Crippen molar-refractivity contribution in [2.24, 2.45) is 23.7 Å². The van der Waals surface area contributed by atoms with Crippen LogP contribution in [-0.2, 0) is 9.59 Å². The van der Waals surface area contributed by atoms with Crippen molar-refractivity contribution in [2.75, 3.05) is 13.1 Å². The molecule has 0 radical (unpaired) electrons. The van der Waals surface area contributed by atoms with Crippen molar-refractivity contribution in [1.82, 2.24) is 4.90 Å². The summed E-state index contributed by atoms with van der Waals surface area (Å²) >= 11 is 0. The van der Waals surface area contributed by atoms with Crippen LogP contribution in [0.1, 0.15) is 51.4 Å². The lowest BCUT2D eigenvalue weighted by Gasteiger charge is -2.31. The first kappa shape index (κ1) is 13.9. The number of carbonyl (C=O) groups is 2. The summed E-state index contributed by atoms with van der Waals surface area (Å²) in [4.78, 5) is 25.4. The zero-order valence-electron chi connectivity index (χ0n) is 12.1. The molecule has 1 saturated heterocycles. The lowest BCUT2D eigenvalue weighted by Crippen LogP contribution is -2.43. The summed E-state index contributed by atoms with van der Waals surface area (Å²) < 4.78 is 0. The second kappa shape index (κ2) is 5.74. The summed E-state index contributed by atoms with van der Waals surface area (Å²) in [7, 11) is 0. The van der Waals surface area contributed by atoms with E-state index < -0.39 is 5.97 Å². The highest BCUT2D eigenvalue weighted by Crippen LogP contribution is 2.50. The summed E-state index contributed by atoms with van der Waals surface area (Å²) in [5, 5.41) is 9.11. The highest BCUT2D eigenvalue weighted by molar-refractivity contribution is 5.82. The van der Waals surface area contributed by atoms with E-state index >= 15 is 0 Å². The number of aliphatic carboxylic acids is 1. The topological polar surface area (TPSA) is 57.6 Å². The number of hydrogen-bond donors (Lipinski definition) is 1. The van der Waals surface area contributed by atoms with Gasteiger partial charge in [0.1, 0.15) is 0 Å². The van der Waals surface area contributed by atoms with Gasteiger partial charge in [-0.15, -0.1) is 0 Å². The Kier molecular flexibility index (Phi) is 3.99. The molecule has 3 atom stereocenters. The smallest absolute Gasteiger partial charge is 0.308 e. The van der Waals surface area contributed by atoms with Gasteiger partial charge in [-0.05, 0) is 31.1 Å². The number of hydrogen-bond acceptors (Lipinski definition) is 2. The quantitative estimate of drug-likeness (QED) is 0.863. The summed E-state index contributed by atoms with van der Waals surface area (Å²) in [5.74, 6) is 0.727. The molecular formula is C16H25NO3. The molecule has 112 valence electrons. The number of rotatable bonds is 3. The maximum atomic E-state index is 12.5. The van der Waals surface area contributed by atoms with Gasteiger partial charge in [-0.1, -0.05) is 32.1 Å². The van der Waals surface area contributed by atoms with E-state index in [1.54, 1.807) is 0 Å². The molecule has 20 heavy (non-hydrogen) atoms. The highest BCUT2D eigenvalue weighted by Gasteiger charge is 2.49. The van der Waals surface area contributed by atoms with Crippen molar-refractivity contribution in [1.29, 1.82) is 0 Å². The number of amides is 1. The third kappa shape index (κ3) is 2.84. The number of carboxylic acid groups (broad SMARTS) is 1. The van der Waals surface area contributed by atoms with Gasteiger partial charge in [0.05, 0.1) is 5.92 Å². The van der Waals surface area contributed by atoms with Gasteiger partial charge in [0.2, 0.25) is 5.91 Å². The first-order chi connectivity index (χ1) is 9.66. The summed E-state index contributed by atoms with van der Waals surface area (Å²) in [6.07, 6.45) is 9.21. The summed E-state index contributed by atoms with van der Waals surface area (Å²) in [6, 6.07) is 0. The molecule has 0 bridgehead atoms. The number of piperidine rings is 1. The van der Waals surface area contributed by atoms with Crippen molar-refractivity contribution in [3.8, 4) is 0 Å². The zero-order valence-corrected chi connectivity index (χ0v) is 12.1. The van der Waals surface area contributed by atoms with E-state index in [1.807, 2.05) is 4.90 Å². The molecule has 1 aliphatic heterocycles. The normalized spacial score (nSPS) is 34.8. The molecule has 4 heteroatoms. The molecule has 0 spiro atoms. The van der Waals surface area contributed by atoms with Crippen LogP contribution in [0, 0.1) is 23.7 Å². The predicted octanol–water partition coefficient (Wildman–Crippen LogP) is 2.53. The SMILES string of the molecule is O=C(O)C1CCCN(C(=O)C2CC2C2CCCCC2)C1. The average Bonchev–Trinajstić information content (AvgIpc) is 3.28. The van der Waals surface area contributed by atoms with Crippen LogP contribution in [0.25, 0.3) is 0 Å². The van der Waals surface area contributed by atoms with Crippen molar-refractivity contribution in [3.63, 3.8) is 0 Å². The van der Waals surface area contributed by atoms with E-state index in [1.165, 1.54) is 32.1 Å². The molecule has 3 rings (SSSR count). The van der Waals surface area contributed by atoms with Crippen molar-refractivity contribution < 1.29 is 14.7 Å². The monoisotopic (exact) mass is 279 g/mol. The molecular weight excluding hydrogens is 254 g/mol. The van der Waals surface area contributed by atoms with E-state index in [4.69, 9.17) is 5.11 Å². The fourth-order valence-electron chi connectivity index (χ4n) is 4.20. The molecule has 0 aromatic carbocycles. The second-order valence-corrected chi connectivity index (χ2v) is 6.87. The predicted molar refractivity (Wildman–Crippen MR) is 75.1 cm³/mol. The lowest BCUT2D eigenvalue weighted by atomic mass is 9.85. The number of carbonyl (C=O) groups excluding carboxylic acids is 1. The molecule has 0 aromatic rings. The van der Waals surface area contributed by atoms with Gasteiger partial charge in [-0.3, -0.25) is 9.59 Å². The Labute approximate surface area is 120 Å². The lowest BCUT2D eigenvalue weighted by molar-refractivity contribution is -0.146. The largest absolute Gasteiger partial charge is 0.481 e. The third-order valence-corrected chi connectivity index (χ3v) is 5.49. The maximum Gasteiger partial charge on any atom is 0.308 e. The molecule has 2 saturated carbocycles. The van der Waals surface area contributed by atoms with Crippen LogP contribution in [0.15, 0.2) is 0 Å². The van der Waals surface area contributed by atoms with Crippen molar-refractivity contribution in [2.45, 2.75) is 51.4 Å². The molecule has 3 fully saturated rings. The van der Waals surface area contributed by atoms with E-state index in [9.17, 15) is 9.59 Å². The number of carboxylic acids is 1. The van der Waals surface area contributed by atoms with Crippen LogP contribution in [-0.4, -0.2) is 35.0 Å². The molecule has 1 heterocycles. The number of likely N-dealkylation sites (tertiary alicyclic amines) is 1. The van der Waals surface area contributed by atoms with Crippen LogP contribution in [0.2, 0.25) is 0 Å². The van der Waals surface area contributed by atoms with Crippen LogP contribution in [0.5, 0.6) is 0 Å². The second-order valence-electron chi connectivity index (χ2n) is 6.87. The standard InChI is InChI=1S/C16H25NO3/c18-15(17-8-4-7-12(10-17)16(19)20)14-9-13(14)11-5-2-1-3-6-11/h11-14H,1-10H2,(H,19,20). The Morgan fingerprint density at radius 3 is 2.45 bits per heavy atom. The maximum absolute atomic E-state index is 12.5. The van der Waals surface area contributed by atoms with E-state index in [0.717, 1.165) is 31.7 Å². The van der Waals surface area contributed by atoms with E-state index in [-0.39, 0.29) is 17.7 Å². The first-order valence-corrected chi connectivity index (χ1v) is 8.18. The van der Waals surface area contributed by atoms with Crippen LogP contribution >= 0.6 is 0 Å². The minimum Gasteiger partial charge on any atom is -0.481 e. The van der Waals surface area contributed by atoms with Gasteiger partial charge >= 0.3 is 5.97 Å². The minimum atomic E-state index is -0.748. The van der Waals surface area contributed by atoms with Gasteiger partial charge in [-0.2, -0.15) is 0 Å². The van der Waals surface area contributed by atoms with Crippen molar-refractivity contribution in [3.05, 3.63) is 0 Å².